The Morgan fingerprint density at radius 3 is 1.97 bits per heavy atom. The zero-order chi connectivity index (χ0) is 23.3. The van der Waals surface area contributed by atoms with Crippen LogP contribution in [0.4, 0.5) is 0 Å². The molecule has 7 heteroatoms. The summed E-state index contributed by atoms with van der Waals surface area (Å²) in [6.07, 6.45) is 0. The molecule has 1 heterocycles. The summed E-state index contributed by atoms with van der Waals surface area (Å²) in [4.78, 5) is 29.8. The number of nitrogens with zero attached hydrogens (tertiary/aromatic N) is 2. The topological polar surface area (TPSA) is 79.3 Å². The van der Waals surface area contributed by atoms with E-state index in [1.54, 1.807) is 55.5 Å². The van der Waals surface area contributed by atoms with Crippen molar-refractivity contribution in [3.05, 3.63) is 65.2 Å². The molecule has 1 N–H and O–H groups in total. The molecule has 1 amide bonds. The van der Waals surface area contributed by atoms with Gasteiger partial charge in [0.25, 0.3) is 11.7 Å². The van der Waals surface area contributed by atoms with E-state index >= 15 is 0 Å². The SMILES string of the molecule is CCN(CC)CCN1C(=O)C(=O)/C(=C(/O)c2ccc(OC)cc2)[C@H]1c1ccc(OC)cc1. The van der Waals surface area contributed by atoms with Crippen LogP contribution in [-0.4, -0.2) is 67.0 Å². The number of hydrogen-bond donors (Lipinski definition) is 1. The van der Waals surface area contributed by atoms with Crippen molar-refractivity contribution in [2.24, 2.45) is 0 Å². The van der Waals surface area contributed by atoms with Crippen LogP contribution in [0.2, 0.25) is 0 Å². The normalized spacial score (nSPS) is 17.8. The number of aliphatic hydroxyl groups is 1. The van der Waals surface area contributed by atoms with Crippen LogP contribution >= 0.6 is 0 Å². The first kappa shape index (κ1) is 23.3. The predicted molar refractivity (Wildman–Crippen MR) is 123 cm³/mol. The number of amides is 1. The number of Topliss-reactive ketones (excluding diaryl/α,β-unsaturated/α-hetero) is 1. The lowest BCUT2D eigenvalue weighted by atomic mass is 9.95. The number of hydrogen-bond acceptors (Lipinski definition) is 6. The molecule has 1 aliphatic heterocycles. The van der Waals surface area contributed by atoms with Crippen molar-refractivity contribution < 1.29 is 24.2 Å². The molecule has 3 rings (SSSR count). The fourth-order valence-electron chi connectivity index (χ4n) is 3.94. The summed E-state index contributed by atoms with van der Waals surface area (Å²) < 4.78 is 10.4. The van der Waals surface area contributed by atoms with E-state index in [4.69, 9.17) is 9.47 Å². The second kappa shape index (κ2) is 10.3. The van der Waals surface area contributed by atoms with Gasteiger partial charge in [-0.15, -0.1) is 0 Å². The Labute approximate surface area is 188 Å². The van der Waals surface area contributed by atoms with Gasteiger partial charge in [-0.25, -0.2) is 0 Å². The molecule has 0 saturated carbocycles. The van der Waals surface area contributed by atoms with E-state index in [2.05, 4.69) is 18.7 Å². The zero-order valence-electron chi connectivity index (χ0n) is 19.0. The van der Waals surface area contributed by atoms with Crippen molar-refractivity contribution in [1.82, 2.24) is 9.80 Å². The summed E-state index contributed by atoms with van der Waals surface area (Å²) in [6, 6.07) is 13.3. The molecule has 7 nitrogen and oxygen atoms in total. The third-order valence-corrected chi connectivity index (χ3v) is 5.89. The smallest absolute Gasteiger partial charge is 0.295 e. The number of rotatable bonds is 9. The van der Waals surface area contributed by atoms with E-state index in [1.807, 2.05) is 12.1 Å². The lowest BCUT2D eigenvalue weighted by Gasteiger charge is -2.28. The van der Waals surface area contributed by atoms with Crippen molar-refractivity contribution >= 4 is 17.4 Å². The molecule has 2 aromatic carbocycles. The van der Waals surface area contributed by atoms with Gasteiger partial charge >= 0.3 is 0 Å². The van der Waals surface area contributed by atoms with Crippen molar-refractivity contribution in [3.63, 3.8) is 0 Å². The minimum atomic E-state index is -0.682. The summed E-state index contributed by atoms with van der Waals surface area (Å²) >= 11 is 0. The second-order valence-corrected chi connectivity index (χ2v) is 7.52. The molecule has 32 heavy (non-hydrogen) atoms. The third kappa shape index (κ3) is 4.62. The van der Waals surface area contributed by atoms with Gasteiger partial charge in [-0.3, -0.25) is 9.59 Å². The molecular formula is C25H30N2O5. The van der Waals surface area contributed by atoms with Gasteiger partial charge in [-0.1, -0.05) is 26.0 Å². The third-order valence-electron chi connectivity index (χ3n) is 5.89. The van der Waals surface area contributed by atoms with Crippen LogP contribution in [0.25, 0.3) is 5.76 Å². The molecule has 0 radical (unpaired) electrons. The number of ketones is 1. The molecule has 1 aliphatic rings. The Bertz CT molecular complexity index is 978. The highest BCUT2D eigenvalue weighted by Gasteiger charge is 2.45. The fourth-order valence-corrected chi connectivity index (χ4v) is 3.94. The molecule has 1 saturated heterocycles. The first-order valence-electron chi connectivity index (χ1n) is 10.7. The molecule has 0 aliphatic carbocycles. The number of likely N-dealkylation sites (tertiary alicyclic amines) is 1. The van der Waals surface area contributed by atoms with Crippen molar-refractivity contribution in [3.8, 4) is 11.5 Å². The molecule has 0 aromatic heterocycles. The van der Waals surface area contributed by atoms with Gasteiger partial charge in [0, 0.05) is 18.7 Å². The minimum absolute atomic E-state index is 0.0879. The highest BCUT2D eigenvalue weighted by molar-refractivity contribution is 6.46. The van der Waals surface area contributed by atoms with E-state index in [-0.39, 0.29) is 11.3 Å². The molecular weight excluding hydrogens is 408 g/mol. The number of aliphatic hydroxyl groups excluding tert-OH is 1. The van der Waals surface area contributed by atoms with E-state index in [0.717, 1.165) is 18.7 Å². The van der Waals surface area contributed by atoms with E-state index < -0.39 is 17.7 Å². The Morgan fingerprint density at radius 2 is 1.47 bits per heavy atom. The predicted octanol–water partition coefficient (Wildman–Crippen LogP) is 3.47. The number of carbonyl (C=O) groups is 2. The maximum Gasteiger partial charge on any atom is 0.295 e. The number of carbonyl (C=O) groups excluding carboxylic acids is 2. The Hall–Kier alpha value is -3.32. The Morgan fingerprint density at radius 1 is 0.938 bits per heavy atom. The van der Waals surface area contributed by atoms with Gasteiger partial charge in [0.15, 0.2) is 0 Å². The minimum Gasteiger partial charge on any atom is -0.507 e. The quantitative estimate of drug-likeness (QED) is 0.367. The maximum atomic E-state index is 13.1. The molecule has 0 unspecified atom stereocenters. The van der Waals surface area contributed by atoms with Crippen LogP contribution in [0.5, 0.6) is 11.5 Å². The summed E-state index contributed by atoms with van der Waals surface area (Å²) in [6.45, 7) is 6.82. The summed E-state index contributed by atoms with van der Waals surface area (Å²) in [5.74, 6) is -0.180. The Kier molecular flexibility index (Phi) is 7.53. The Balaban J connectivity index is 2.07. The van der Waals surface area contributed by atoms with Crippen LogP contribution in [0.1, 0.15) is 31.0 Å². The standard InChI is InChI=1S/C25H30N2O5/c1-5-26(6-2)15-16-27-22(17-7-11-19(31-3)12-8-17)21(24(29)25(27)30)23(28)18-9-13-20(32-4)14-10-18/h7-14,22,28H,5-6,15-16H2,1-4H3/b23-21+/t22-/m1/s1. The average molecular weight is 439 g/mol. The van der Waals surface area contributed by atoms with Crippen molar-refractivity contribution in [2.75, 3.05) is 40.4 Å². The fraction of sp³-hybridized carbons (Fsp3) is 0.360. The summed E-state index contributed by atoms with van der Waals surface area (Å²) in [5.41, 5.74) is 1.27. The molecule has 1 atom stereocenters. The average Bonchev–Trinajstić information content (AvgIpc) is 3.09. The second-order valence-electron chi connectivity index (χ2n) is 7.52. The molecule has 170 valence electrons. The van der Waals surface area contributed by atoms with Crippen LogP contribution in [-0.2, 0) is 9.59 Å². The van der Waals surface area contributed by atoms with Crippen LogP contribution in [0.15, 0.2) is 54.1 Å². The number of ether oxygens (including phenoxy) is 2. The first-order valence-corrected chi connectivity index (χ1v) is 10.7. The summed E-state index contributed by atoms with van der Waals surface area (Å²) in [5, 5.41) is 11.1. The lowest BCUT2D eigenvalue weighted by Crippen LogP contribution is -2.38. The van der Waals surface area contributed by atoms with Crippen LogP contribution in [0, 0.1) is 0 Å². The van der Waals surface area contributed by atoms with Gasteiger partial charge in [0.1, 0.15) is 17.3 Å². The van der Waals surface area contributed by atoms with E-state index in [1.165, 1.54) is 0 Å². The largest absolute Gasteiger partial charge is 0.507 e. The van der Waals surface area contributed by atoms with Gasteiger partial charge < -0.3 is 24.4 Å². The molecule has 0 bridgehead atoms. The van der Waals surface area contributed by atoms with Gasteiger partial charge in [-0.05, 0) is 55.1 Å². The lowest BCUT2D eigenvalue weighted by molar-refractivity contribution is -0.140. The summed E-state index contributed by atoms with van der Waals surface area (Å²) in [7, 11) is 3.13. The van der Waals surface area contributed by atoms with Gasteiger partial charge in [-0.2, -0.15) is 0 Å². The monoisotopic (exact) mass is 438 g/mol. The molecule has 1 fully saturated rings. The van der Waals surface area contributed by atoms with E-state index in [9.17, 15) is 14.7 Å². The number of likely N-dealkylation sites (N-methyl/N-ethyl adjacent to an activating group) is 1. The first-order chi connectivity index (χ1) is 15.4. The van der Waals surface area contributed by atoms with Gasteiger partial charge in [0.2, 0.25) is 0 Å². The van der Waals surface area contributed by atoms with Crippen molar-refractivity contribution in [2.45, 2.75) is 19.9 Å². The molecule has 2 aromatic rings. The van der Waals surface area contributed by atoms with Crippen molar-refractivity contribution in [1.29, 1.82) is 0 Å². The zero-order valence-corrected chi connectivity index (χ0v) is 19.0. The highest BCUT2D eigenvalue weighted by atomic mass is 16.5. The van der Waals surface area contributed by atoms with Gasteiger partial charge in [0.05, 0.1) is 25.8 Å². The number of benzene rings is 2. The van der Waals surface area contributed by atoms with E-state index in [0.29, 0.717) is 30.2 Å². The highest BCUT2D eigenvalue weighted by Crippen LogP contribution is 2.39. The maximum absolute atomic E-state index is 13.1. The van der Waals surface area contributed by atoms with Crippen LogP contribution in [0.3, 0.4) is 0 Å². The number of methoxy groups -OCH3 is 2. The van der Waals surface area contributed by atoms with Crippen LogP contribution < -0.4 is 9.47 Å². The molecule has 0 spiro atoms.